The van der Waals surface area contributed by atoms with Crippen LogP contribution in [0.3, 0.4) is 0 Å². The van der Waals surface area contributed by atoms with Crippen molar-refractivity contribution in [1.29, 1.82) is 0 Å². The lowest BCUT2D eigenvalue weighted by Gasteiger charge is -2.22. The number of ketones is 1. The Morgan fingerprint density at radius 2 is 1.58 bits per heavy atom. The molecular formula is C22H29NO3. The van der Waals surface area contributed by atoms with Gasteiger partial charge in [-0.25, -0.2) is 4.79 Å². The minimum atomic E-state index is -0.434. The zero-order valence-electron chi connectivity index (χ0n) is 17.1. The number of carbonyl (C=O) groups is 2. The maximum Gasteiger partial charge on any atom is 0.355 e. The molecule has 2 rings (SSSR count). The number of benzene rings is 1. The predicted octanol–water partition coefficient (Wildman–Crippen LogP) is 5.11. The van der Waals surface area contributed by atoms with Gasteiger partial charge in [-0.1, -0.05) is 32.9 Å². The summed E-state index contributed by atoms with van der Waals surface area (Å²) in [7, 11) is 0. The van der Waals surface area contributed by atoms with Gasteiger partial charge >= 0.3 is 5.97 Å². The van der Waals surface area contributed by atoms with Crippen molar-refractivity contribution in [2.24, 2.45) is 0 Å². The van der Waals surface area contributed by atoms with E-state index in [1.807, 2.05) is 13.8 Å². The minimum absolute atomic E-state index is 0.0558. The van der Waals surface area contributed by atoms with Crippen LogP contribution in [0.5, 0.6) is 0 Å². The summed E-state index contributed by atoms with van der Waals surface area (Å²) in [6, 6.07) is 4.32. The Bertz CT molecular complexity index is 843. The Morgan fingerprint density at radius 3 is 2.00 bits per heavy atom. The summed E-state index contributed by atoms with van der Waals surface area (Å²) in [5.74, 6) is -0.489. The van der Waals surface area contributed by atoms with Crippen LogP contribution in [-0.4, -0.2) is 16.7 Å². The number of ether oxygens (including phenoxy) is 1. The molecule has 4 nitrogen and oxygen atoms in total. The highest BCUT2D eigenvalue weighted by atomic mass is 16.5. The average Bonchev–Trinajstić information content (AvgIpc) is 2.80. The molecule has 0 saturated carbocycles. The van der Waals surface area contributed by atoms with Crippen LogP contribution in [0.1, 0.15) is 82.1 Å². The molecule has 1 aromatic carbocycles. The van der Waals surface area contributed by atoms with E-state index in [2.05, 4.69) is 37.9 Å². The van der Waals surface area contributed by atoms with Gasteiger partial charge in [0.1, 0.15) is 12.3 Å². The molecule has 0 atom stereocenters. The van der Waals surface area contributed by atoms with E-state index in [0.717, 1.165) is 16.7 Å². The van der Waals surface area contributed by atoms with Gasteiger partial charge in [0.15, 0.2) is 5.78 Å². The van der Waals surface area contributed by atoms with Crippen molar-refractivity contribution in [3.8, 4) is 0 Å². The molecule has 0 spiro atoms. The summed E-state index contributed by atoms with van der Waals surface area (Å²) >= 11 is 0. The van der Waals surface area contributed by atoms with E-state index >= 15 is 0 Å². The zero-order chi connectivity index (χ0) is 19.8. The van der Waals surface area contributed by atoms with Crippen molar-refractivity contribution in [2.75, 3.05) is 0 Å². The zero-order valence-corrected chi connectivity index (χ0v) is 17.1. The van der Waals surface area contributed by atoms with Gasteiger partial charge in [0.25, 0.3) is 0 Å². The molecule has 0 bridgehead atoms. The van der Waals surface area contributed by atoms with Gasteiger partial charge in [-0.2, -0.15) is 0 Å². The van der Waals surface area contributed by atoms with Gasteiger partial charge in [0.05, 0.1) is 0 Å². The fourth-order valence-electron chi connectivity index (χ4n) is 3.35. The SMILES string of the molecule is CC(=O)c1c(C)[nH]c(C(=O)OCc2c(C)cc(C(C)(C)C)cc2C)c1C. The second-order valence-electron chi connectivity index (χ2n) is 8.10. The molecule has 1 aromatic heterocycles. The second kappa shape index (κ2) is 7.10. The molecule has 0 aliphatic heterocycles. The molecule has 0 unspecified atom stereocenters. The van der Waals surface area contributed by atoms with E-state index < -0.39 is 5.97 Å². The molecule has 4 heteroatoms. The Balaban J connectivity index is 2.23. The number of H-pyrrole nitrogens is 1. The summed E-state index contributed by atoms with van der Waals surface area (Å²) in [5.41, 5.74) is 6.88. The quantitative estimate of drug-likeness (QED) is 0.613. The van der Waals surface area contributed by atoms with Crippen LogP contribution >= 0.6 is 0 Å². The highest BCUT2D eigenvalue weighted by Crippen LogP contribution is 2.27. The first-order valence-electron chi connectivity index (χ1n) is 8.91. The summed E-state index contributed by atoms with van der Waals surface area (Å²) in [5, 5.41) is 0. The van der Waals surface area contributed by atoms with E-state index in [9.17, 15) is 9.59 Å². The van der Waals surface area contributed by atoms with Crippen molar-refractivity contribution in [3.05, 3.63) is 56.9 Å². The lowest BCUT2D eigenvalue weighted by Crippen LogP contribution is -2.14. The lowest BCUT2D eigenvalue weighted by molar-refractivity contribution is 0.0464. The highest BCUT2D eigenvalue weighted by molar-refractivity contribution is 6.01. The molecule has 26 heavy (non-hydrogen) atoms. The smallest absolute Gasteiger partial charge is 0.355 e. The summed E-state index contributed by atoms with van der Waals surface area (Å²) in [4.78, 5) is 27.2. The predicted molar refractivity (Wildman–Crippen MR) is 104 cm³/mol. The molecule has 0 amide bonds. The number of rotatable bonds is 4. The number of carbonyl (C=O) groups excluding carboxylic acids is 2. The highest BCUT2D eigenvalue weighted by Gasteiger charge is 2.22. The fraction of sp³-hybridized carbons (Fsp3) is 0.455. The van der Waals surface area contributed by atoms with Crippen molar-refractivity contribution >= 4 is 11.8 Å². The first-order valence-corrected chi connectivity index (χ1v) is 8.91. The normalized spacial score (nSPS) is 11.5. The monoisotopic (exact) mass is 355 g/mol. The van der Waals surface area contributed by atoms with Crippen LogP contribution in [0.15, 0.2) is 12.1 Å². The molecule has 0 fully saturated rings. The minimum Gasteiger partial charge on any atom is -0.456 e. The number of esters is 1. The van der Waals surface area contributed by atoms with Crippen molar-refractivity contribution < 1.29 is 14.3 Å². The summed E-state index contributed by atoms with van der Waals surface area (Å²) in [6.45, 7) is 15.9. The van der Waals surface area contributed by atoms with Gasteiger partial charge < -0.3 is 9.72 Å². The Labute approximate surface area is 156 Å². The van der Waals surface area contributed by atoms with Crippen LogP contribution in [0.2, 0.25) is 0 Å². The lowest BCUT2D eigenvalue weighted by atomic mass is 9.84. The van der Waals surface area contributed by atoms with E-state index in [0.29, 0.717) is 22.5 Å². The van der Waals surface area contributed by atoms with Crippen LogP contribution in [0, 0.1) is 27.7 Å². The first-order chi connectivity index (χ1) is 11.9. The molecule has 0 radical (unpaired) electrons. The number of hydrogen-bond acceptors (Lipinski definition) is 3. The fourth-order valence-corrected chi connectivity index (χ4v) is 3.35. The summed E-state index contributed by atoms with van der Waals surface area (Å²) < 4.78 is 5.55. The van der Waals surface area contributed by atoms with Crippen molar-refractivity contribution in [3.63, 3.8) is 0 Å². The van der Waals surface area contributed by atoms with Gasteiger partial charge in [0, 0.05) is 11.3 Å². The summed E-state index contributed by atoms with van der Waals surface area (Å²) in [6.07, 6.45) is 0. The second-order valence-corrected chi connectivity index (χ2v) is 8.10. The van der Waals surface area contributed by atoms with Crippen LogP contribution in [0.25, 0.3) is 0 Å². The van der Waals surface area contributed by atoms with E-state index in [-0.39, 0.29) is 17.8 Å². The maximum absolute atomic E-state index is 12.5. The van der Waals surface area contributed by atoms with E-state index in [4.69, 9.17) is 4.74 Å². The maximum atomic E-state index is 12.5. The van der Waals surface area contributed by atoms with Gasteiger partial charge in [0.2, 0.25) is 0 Å². The third-order valence-corrected chi connectivity index (χ3v) is 4.90. The number of aryl methyl sites for hydroxylation is 3. The number of nitrogens with one attached hydrogen (secondary N) is 1. The van der Waals surface area contributed by atoms with Crippen LogP contribution < -0.4 is 0 Å². The number of aromatic nitrogens is 1. The number of hydrogen-bond donors (Lipinski definition) is 1. The largest absolute Gasteiger partial charge is 0.456 e. The Kier molecular flexibility index (Phi) is 5.45. The Morgan fingerprint density at radius 1 is 1.04 bits per heavy atom. The van der Waals surface area contributed by atoms with Gasteiger partial charge in [-0.3, -0.25) is 4.79 Å². The first kappa shape index (κ1) is 20.0. The molecule has 1 N–H and O–H groups in total. The van der Waals surface area contributed by atoms with Crippen molar-refractivity contribution in [2.45, 2.75) is 67.4 Å². The van der Waals surface area contributed by atoms with Gasteiger partial charge in [-0.05, 0) is 67.9 Å². The van der Waals surface area contributed by atoms with E-state index in [1.54, 1.807) is 13.8 Å². The number of Topliss-reactive ketones (excluding diaryl/α,β-unsaturated/α-hetero) is 1. The molecule has 0 saturated heterocycles. The number of aromatic amines is 1. The third kappa shape index (κ3) is 3.90. The Hall–Kier alpha value is -2.36. The standard InChI is InChI=1S/C22H29NO3/c1-12-9-17(22(6,7)8)10-13(2)18(12)11-26-21(25)20-14(3)19(16(5)24)15(4)23-20/h9-10,23H,11H2,1-8H3. The molecule has 0 aliphatic carbocycles. The molecule has 2 aromatic rings. The third-order valence-electron chi connectivity index (χ3n) is 4.90. The topological polar surface area (TPSA) is 59.2 Å². The average molecular weight is 355 g/mol. The van der Waals surface area contributed by atoms with Crippen molar-refractivity contribution in [1.82, 2.24) is 4.98 Å². The molecular weight excluding hydrogens is 326 g/mol. The van der Waals surface area contributed by atoms with Gasteiger partial charge in [-0.15, -0.1) is 0 Å². The van der Waals surface area contributed by atoms with E-state index in [1.165, 1.54) is 12.5 Å². The molecule has 140 valence electrons. The van der Waals surface area contributed by atoms with Crippen LogP contribution in [0.4, 0.5) is 0 Å². The molecule has 1 heterocycles. The van der Waals surface area contributed by atoms with Crippen LogP contribution in [-0.2, 0) is 16.8 Å². The molecule has 0 aliphatic rings.